The third-order valence-electron chi connectivity index (χ3n) is 5.42. The second-order valence-electron chi connectivity index (χ2n) is 7.08. The van der Waals surface area contributed by atoms with E-state index < -0.39 is 5.67 Å². The second-order valence-corrected chi connectivity index (χ2v) is 7.08. The Morgan fingerprint density at radius 2 is 1.92 bits per heavy atom. The van der Waals surface area contributed by atoms with E-state index in [4.69, 9.17) is 0 Å². The van der Waals surface area contributed by atoms with Crippen LogP contribution in [0.5, 0.6) is 0 Å². The first-order valence-corrected chi connectivity index (χ1v) is 9.06. The van der Waals surface area contributed by atoms with Gasteiger partial charge in [-0.25, -0.2) is 4.39 Å². The molecule has 0 bridgehead atoms. The summed E-state index contributed by atoms with van der Waals surface area (Å²) in [5, 5.41) is 0. The van der Waals surface area contributed by atoms with Gasteiger partial charge in [-0.15, -0.1) is 0 Å². The Labute approximate surface area is 149 Å². The highest BCUT2D eigenvalue weighted by atomic mass is 19.1. The van der Waals surface area contributed by atoms with E-state index in [0.29, 0.717) is 25.1 Å². The van der Waals surface area contributed by atoms with E-state index in [1.807, 2.05) is 49.1 Å². The van der Waals surface area contributed by atoms with E-state index in [9.17, 15) is 4.79 Å². The van der Waals surface area contributed by atoms with Crippen LogP contribution in [0, 0.1) is 0 Å². The highest BCUT2D eigenvalue weighted by Crippen LogP contribution is 2.42. The van der Waals surface area contributed by atoms with E-state index in [-0.39, 0.29) is 5.91 Å². The summed E-state index contributed by atoms with van der Waals surface area (Å²) in [7, 11) is 0. The maximum atomic E-state index is 15.7. The molecule has 0 saturated carbocycles. The molecular weight excluding hydrogens is 313 g/mol. The van der Waals surface area contributed by atoms with Gasteiger partial charge in [-0.1, -0.05) is 49.8 Å². The summed E-state index contributed by atoms with van der Waals surface area (Å²) < 4.78 is 15.7. The lowest BCUT2D eigenvalue weighted by Gasteiger charge is -2.30. The number of hydrogen-bond donors (Lipinski definition) is 0. The van der Waals surface area contributed by atoms with Gasteiger partial charge in [0.25, 0.3) is 0 Å². The zero-order valence-electron chi connectivity index (χ0n) is 15.5. The van der Waals surface area contributed by atoms with E-state index in [2.05, 4.69) is 13.0 Å². The molecular formula is C22H26FNO. The van der Waals surface area contributed by atoms with Crippen LogP contribution in [0.1, 0.15) is 57.2 Å². The lowest BCUT2D eigenvalue weighted by atomic mass is 9.79. The maximum Gasteiger partial charge on any atom is 0.222 e. The lowest BCUT2D eigenvalue weighted by molar-refractivity contribution is -0.131. The number of hydrogen-bond acceptors (Lipinski definition) is 1. The van der Waals surface area contributed by atoms with Crippen molar-refractivity contribution in [3.63, 3.8) is 0 Å². The first kappa shape index (κ1) is 17.7. The Hall–Kier alpha value is -2.16. The third-order valence-corrected chi connectivity index (χ3v) is 5.42. The summed E-state index contributed by atoms with van der Waals surface area (Å²) in [4.78, 5) is 13.8. The Morgan fingerprint density at radius 1 is 1.20 bits per heavy atom. The molecule has 132 valence electrons. The number of alkyl halides is 1. The fraction of sp³-hybridized carbons (Fsp3) is 0.409. The fourth-order valence-corrected chi connectivity index (χ4v) is 3.76. The quantitative estimate of drug-likeness (QED) is 0.727. The van der Waals surface area contributed by atoms with Gasteiger partial charge in [0, 0.05) is 25.1 Å². The Bertz CT molecular complexity index is 798. The third kappa shape index (κ3) is 3.08. The van der Waals surface area contributed by atoms with Gasteiger partial charge in [0.2, 0.25) is 5.91 Å². The van der Waals surface area contributed by atoms with Crippen LogP contribution in [-0.2, 0) is 17.9 Å². The summed E-state index contributed by atoms with van der Waals surface area (Å²) in [5.74, 6) is 0.164. The average Bonchev–Trinajstić information content (AvgIpc) is 3.03. The molecule has 1 heterocycles. The smallest absolute Gasteiger partial charge is 0.222 e. The van der Waals surface area contributed by atoms with Gasteiger partial charge in [-0.3, -0.25) is 4.79 Å². The van der Waals surface area contributed by atoms with Crippen LogP contribution in [-0.4, -0.2) is 16.5 Å². The largest absolute Gasteiger partial charge is 0.334 e. The number of allylic oxidation sites excluding steroid dienone is 6. The van der Waals surface area contributed by atoms with Gasteiger partial charge in [0.05, 0.1) is 0 Å². The first-order chi connectivity index (χ1) is 11.9. The summed E-state index contributed by atoms with van der Waals surface area (Å²) in [6.45, 7) is 8.87. The molecule has 1 amide bonds. The molecule has 0 fully saturated rings. The number of fused-ring (bicyclic) bond motifs is 1. The molecule has 0 N–H and O–H groups in total. The van der Waals surface area contributed by atoms with Crippen molar-refractivity contribution in [3.05, 3.63) is 64.3 Å². The van der Waals surface area contributed by atoms with Crippen LogP contribution in [0.4, 0.5) is 4.39 Å². The molecule has 0 spiro atoms. The minimum atomic E-state index is -1.50. The predicted molar refractivity (Wildman–Crippen MR) is 101 cm³/mol. The molecule has 1 aliphatic heterocycles. The van der Waals surface area contributed by atoms with Crippen molar-refractivity contribution >= 4 is 11.5 Å². The Morgan fingerprint density at radius 3 is 2.60 bits per heavy atom. The molecule has 1 unspecified atom stereocenters. The average molecular weight is 339 g/mol. The topological polar surface area (TPSA) is 20.3 Å². The number of halogens is 1. The van der Waals surface area contributed by atoms with Gasteiger partial charge in [0.1, 0.15) is 0 Å². The minimum absolute atomic E-state index is 0.164. The number of rotatable bonds is 3. The Balaban J connectivity index is 1.96. The molecule has 1 aliphatic carbocycles. The van der Waals surface area contributed by atoms with Crippen LogP contribution in [0.2, 0.25) is 0 Å². The Kier molecular flexibility index (Phi) is 4.68. The number of carbonyl (C=O) groups excluding carboxylic acids is 1. The van der Waals surface area contributed by atoms with E-state index >= 15 is 4.39 Å². The van der Waals surface area contributed by atoms with E-state index in [1.54, 1.807) is 6.92 Å². The summed E-state index contributed by atoms with van der Waals surface area (Å²) in [5.41, 5.74) is 4.23. The molecule has 2 aliphatic rings. The summed E-state index contributed by atoms with van der Waals surface area (Å²) in [6.07, 6.45) is 7.05. The first-order valence-electron chi connectivity index (χ1n) is 9.06. The minimum Gasteiger partial charge on any atom is -0.334 e. The van der Waals surface area contributed by atoms with E-state index in [0.717, 1.165) is 28.7 Å². The second kappa shape index (κ2) is 6.62. The van der Waals surface area contributed by atoms with Crippen molar-refractivity contribution in [2.24, 2.45) is 0 Å². The van der Waals surface area contributed by atoms with Crippen molar-refractivity contribution < 1.29 is 9.18 Å². The van der Waals surface area contributed by atoms with Crippen LogP contribution in [0.3, 0.4) is 0 Å². The van der Waals surface area contributed by atoms with Crippen LogP contribution < -0.4 is 0 Å². The van der Waals surface area contributed by atoms with Crippen LogP contribution in [0.15, 0.2) is 47.6 Å². The molecule has 0 radical (unpaired) electrons. The van der Waals surface area contributed by atoms with Gasteiger partial charge in [0.15, 0.2) is 5.67 Å². The predicted octanol–water partition coefficient (Wildman–Crippen LogP) is 5.35. The lowest BCUT2D eigenvalue weighted by Crippen LogP contribution is -2.25. The summed E-state index contributed by atoms with van der Waals surface area (Å²) in [6, 6.07) is 6.08. The molecule has 0 aromatic heterocycles. The van der Waals surface area contributed by atoms with Crippen molar-refractivity contribution in [2.75, 3.05) is 0 Å². The molecule has 2 nitrogen and oxygen atoms in total. The monoisotopic (exact) mass is 339 g/mol. The van der Waals surface area contributed by atoms with Crippen molar-refractivity contribution in [2.45, 2.75) is 59.3 Å². The molecule has 0 saturated heterocycles. The molecule has 1 aromatic carbocycles. The molecule has 25 heavy (non-hydrogen) atoms. The highest BCUT2D eigenvalue weighted by molar-refractivity contribution is 5.81. The SMILES string of the molecule is CCC(=O)N1Cc2ccc(C3=CC=C/C(=C(\C)CC)C3(C)F)cc2C1. The fourth-order valence-electron chi connectivity index (χ4n) is 3.76. The van der Waals surface area contributed by atoms with Gasteiger partial charge < -0.3 is 4.90 Å². The zero-order valence-corrected chi connectivity index (χ0v) is 15.5. The van der Waals surface area contributed by atoms with Gasteiger partial charge >= 0.3 is 0 Å². The van der Waals surface area contributed by atoms with E-state index in [1.165, 1.54) is 5.56 Å². The summed E-state index contributed by atoms with van der Waals surface area (Å²) >= 11 is 0. The molecule has 3 rings (SSSR count). The maximum absolute atomic E-state index is 15.7. The number of carbonyl (C=O) groups is 1. The van der Waals surface area contributed by atoms with Crippen molar-refractivity contribution in [1.82, 2.24) is 4.90 Å². The highest BCUT2D eigenvalue weighted by Gasteiger charge is 2.35. The normalized spacial score (nSPS) is 24.2. The van der Waals surface area contributed by atoms with Crippen LogP contribution in [0.25, 0.3) is 5.57 Å². The molecule has 3 heteroatoms. The van der Waals surface area contributed by atoms with Crippen LogP contribution >= 0.6 is 0 Å². The number of nitrogens with zero attached hydrogens (tertiary/aromatic N) is 1. The van der Waals surface area contributed by atoms with Crippen molar-refractivity contribution in [3.8, 4) is 0 Å². The number of benzene rings is 1. The van der Waals surface area contributed by atoms with Gasteiger partial charge in [-0.05, 0) is 48.6 Å². The van der Waals surface area contributed by atoms with Crippen molar-refractivity contribution in [1.29, 1.82) is 0 Å². The number of amides is 1. The zero-order chi connectivity index (χ0) is 18.2. The standard InChI is InChI=1S/C22H26FNO/c1-5-15(3)19-8-7-9-20(22(19,4)23)16-10-11-17-13-24(21(25)6-2)14-18(17)12-16/h7-12H,5-6,13-14H2,1-4H3/b19-15-. The van der Waals surface area contributed by atoms with Gasteiger partial charge in [-0.2, -0.15) is 0 Å². The molecule has 1 atom stereocenters. The molecule has 1 aromatic rings.